The first-order valence-electron chi connectivity index (χ1n) is 11.6. The Balaban J connectivity index is 1.81. The van der Waals surface area contributed by atoms with Gasteiger partial charge in [-0.2, -0.15) is 0 Å². The molecule has 0 saturated carbocycles. The standard InChI is InChI=1S/C24H39N5O4S/c1-20(25-13-18-34(30,31)28(3)4)11-12-26-21(2)27-22-9-10-23(32-5)24(19-22)33-17-8-16-29-14-6-7-15-29/h9-12,19,25,27H,2,6-8,13-18H2,1,3-5H3/b20-11+,26-12-. The Hall–Kier alpha value is -2.56. The van der Waals surface area contributed by atoms with Gasteiger partial charge in [-0.15, -0.1) is 0 Å². The van der Waals surface area contributed by atoms with Crippen molar-refractivity contribution in [2.45, 2.75) is 26.2 Å². The Bertz CT molecular complexity index is 954. The van der Waals surface area contributed by atoms with Crippen molar-refractivity contribution in [1.82, 2.24) is 14.5 Å². The van der Waals surface area contributed by atoms with Gasteiger partial charge < -0.3 is 25.0 Å². The molecule has 10 heteroatoms. The summed E-state index contributed by atoms with van der Waals surface area (Å²) in [6.45, 7) is 10.2. The summed E-state index contributed by atoms with van der Waals surface area (Å²) in [6, 6.07) is 5.61. The molecule has 190 valence electrons. The molecule has 34 heavy (non-hydrogen) atoms. The molecule has 1 aliphatic rings. The van der Waals surface area contributed by atoms with Gasteiger partial charge in [0.2, 0.25) is 10.0 Å². The SMILES string of the molecule is C=C(/N=C\C=C(/C)NCCS(=O)(=O)N(C)C)Nc1ccc(OC)c(OCCCN2CCCC2)c1. The van der Waals surface area contributed by atoms with Crippen LogP contribution in [0.2, 0.25) is 0 Å². The zero-order chi connectivity index (χ0) is 25.0. The fourth-order valence-corrected chi connectivity index (χ4v) is 4.13. The summed E-state index contributed by atoms with van der Waals surface area (Å²) in [5.41, 5.74) is 1.60. The van der Waals surface area contributed by atoms with Crippen molar-refractivity contribution in [3.63, 3.8) is 0 Å². The monoisotopic (exact) mass is 493 g/mol. The highest BCUT2D eigenvalue weighted by molar-refractivity contribution is 7.89. The van der Waals surface area contributed by atoms with E-state index >= 15 is 0 Å². The highest BCUT2D eigenvalue weighted by atomic mass is 32.2. The Labute approximate surface area is 204 Å². The van der Waals surface area contributed by atoms with Crippen LogP contribution in [-0.2, 0) is 10.0 Å². The third kappa shape index (κ3) is 9.74. The number of aliphatic imine (C=N–C) groups is 1. The number of sulfonamides is 1. The zero-order valence-electron chi connectivity index (χ0n) is 20.8. The first kappa shape index (κ1) is 27.7. The van der Waals surface area contributed by atoms with Crippen molar-refractivity contribution in [3.8, 4) is 11.5 Å². The third-order valence-corrected chi connectivity index (χ3v) is 7.23. The van der Waals surface area contributed by atoms with Crippen LogP contribution >= 0.6 is 0 Å². The van der Waals surface area contributed by atoms with E-state index in [1.54, 1.807) is 19.4 Å². The average Bonchev–Trinajstić information content (AvgIpc) is 3.30. The van der Waals surface area contributed by atoms with E-state index in [2.05, 4.69) is 27.1 Å². The second-order valence-electron chi connectivity index (χ2n) is 8.34. The summed E-state index contributed by atoms with van der Waals surface area (Å²) in [4.78, 5) is 6.76. The molecule has 0 unspecified atom stereocenters. The van der Waals surface area contributed by atoms with Gasteiger partial charge >= 0.3 is 0 Å². The molecule has 0 bridgehead atoms. The topological polar surface area (TPSA) is 95.5 Å². The van der Waals surface area contributed by atoms with E-state index in [-0.39, 0.29) is 5.75 Å². The second kappa shape index (κ2) is 14.0. The average molecular weight is 494 g/mol. The van der Waals surface area contributed by atoms with Crippen molar-refractivity contribution < 1.29 is 17.9 Å². The molecule has 2 N–H and O–H groups in total. The smallest absolute Gasteiger partial charge is 0.215 e. The van der Waals surface area contributed by atoms with Gasteiger partial charge in [-0.05, 0) is 57.5 Å². The molecule has 1 aromatic rings. The van der Waals surface area contributed by atoms with E-state index in [1.165, 1.54) is 44.3 Å². The van der Waals surface area contributed by atoms with Crippen LogP contribution in [0.25, 0.3) is 0 Å². The Morgan fingerprint density at radius 2 is 2.00 bits per heavy atom. The lowest BCUT2D eigenvalue weighted by molar-refractivity contribution is 0.254. The minimum absolute atomic E-state index is 0.0245. The van der Waals surface area contributed by atoms with E-state index in [1.807, 2.05) is 25.1 Å². The molecule has 0 spiro atoms. The Morgan fingerprint density at radius 3 is 2.68 bits per heavy atom. The minimum Gasteiger partial charge on any atom is -0.493 e. The van der Waals surface area contributed by atoms with E-state index in [9.17, 15) is 8.42 Å². The van der Waals surface area contributed by atoms with Gasteiger partial charge in [-0.3, -0.25) is 0 Å². The molecule has 2 rings (SSSR count). The largest absolute Gasteiger partial charge is 0.493 e. The number of anilines is 1. The molecular formula is C24H39N5O4S. The summed E-state index contributed by atoms with van der Waals surface area (Å²) in [5.74, 6) is 1.85. The molecular weight excluding hydrogens is 454 g/mol. The normalized spacial score (nSPS) is 15.1. The van der Waals surface area contributed by atoms with E-state index in [0.29, 0.717) is 30.5 Å². The molecule has 0 aromatic heterocycles. The number of ether oxygens (including phenoxy) is 2. The summed E-state index contributed by atoms with van der Waals surface area (Å²) in [6.07, 6.45) is 6.93. The van der Waals surface area contributed by atoms with Gasteiger partial charge in [0.25, 0.3) is 0 Å². The number of nitrogens with one attached hydrogen (secondary N) is 2. The molecule has 1 aromatic carbocycles. The van der Waals surface area contributed by atoms with Crippen LogP contribution in [0.1, 0.15) is 26.2 Å². The van der Waals surface area contributed by atoms with Gasteiger partial charge in [0.05, 0.1) is 19.5 Å². The fraction of sp³-hybridized carbons (Fsp3) is 0.542. The summed E-state index contributed by atoms with van der Waals surface area (Å²) in [7, 11) is 1.46. The predicted molar refractivity (Wildman–Crippen MR) is 139 cm³/mol. The van der Waals surface area contributed by atoms with E-state index in [4.69, 9.17) is 9.47 Å². The minimum atomic E-state index is -3.22. The molecule has 1 heterocycles. The van der Waals surface area contributed by atoms with Gasteiger partial charge in [-0.25, -0.2) is 17.7 Å². The first-order valence-corrected chi connectivity index (χ1v) is 13.2. The number of nitrogens with zero attached hydrogens (tertiary/aromatic N) is 3. The maximum Gasteiger partial charge on any atom is 0.215 e. The molecule has 0 aliphatic carbocycles. The lowest BCUT2D eigenvalue weighted by Crippen LogP contribution is -2.30. The summed E-state index contributed by atoms with van der Waals surface area (Å²) in [5, 5.41) is 6.21. The lowest BCUT2D eigenvalue weighted by atomic mass is 10.2. The van der Waals surface area contributed by atoms with Gasteiger partial charge in [-0.1, -0.05) is 6.58 Å². The zero-order valence-corrected chi connectivity index (χ0v) is 21.7. The number of benzene rings is 1. The number of hydrogen-bond acceptors (Lipinski definition) is 8. The third-order valence-electron chi connectivity index (χ3n) is 5.40. The molecule has 0 atom stereocenters. The van der Waals surface area contributed by atoms with Crippen LogP contribution < -0.4 is 20.1 Å². The molecule has 1 saturated heterocycles. The van der Waals surface area contributed by atoms with Crippen molar-refractivity contribution in [2.24, 2.45) is 4.99 Å². The van der Waals surface area contributed by atoms with Crippen molar-refractivity contribution in [3.05, 3.63) is 42.4 Å². The van der Waals surface area contributed by atoms with Crippen LogP contribution in [-0.4, -0.2) is 83.6 Å². The van der Waals surface area contributed by atoms with Crippen LogP contribution in [0, 0.1) is 0 Å². The molecule has 0 radical (unpaired) electrons. The van der Waals surface area contributed by atoms with Crippen LogP contribution in [0.5, 0.6) is 11.5 Å². The Kier molecular flexibility index (Phi) is 11.4. The number of hydrogen-bond donors (Lipinski definition) is 2. The van der Waals surface area contributed by atoms with Gasteiger partial charge in [0, 0.05) is 50.9 Å². The van der Waals surface area contributed by atoms with Gasteiger partial charge in [0.15, 0.2) is 11.5 Å². The molecule has 0 amide bonds. The number of rotatable bonds is 15. The van der Waals surface area contributed by atoms with E-state index in [0.717, 1.165) is 24.4 Å². The maximum atomic E-state index is 11.8. The summed E-state index contributed by atoms with van der Waals surface area (Å²) < 4.78 is 36.2. The van der Waals surface area contributed by atoms with Gasteiger partial charge in [0.1, 0.15) is 5.82 Å². The second-order valence-corrected chi connectivity index (χ2v) is 10.6. The fourth-order valence-electron chi connectivity index (χ4n) is 3.40. The molecule has 9 nitrogen and oxygen atoms in total. The van der Waals surface area contributed by atoms with E-state index < -0.39 is 10.0 Å². The molecule has 1 aliphatic heterocycles. The van der Waals surface area contributed by atoms with Crippen LogP contribution in [0.4, 0.5) is 5.69 Å². The molecule has 1 fully saturated rings. The predicted octanol–water partition coefficient (Wildman–Crippen LogP) is 2.90. The first-order chi connectivity index (χ1) is 16.2. The highest BCUT2D eigenvalue weighted by Gasteiger charge is 2.13. The van der Waals surface area contributed by atoms with Crippen molar-refractivity contribution >= 4 is 21.9 Å². The van der Waals surface area contributed by atoms with Crippen LogP contribution in [0.15, 0.2) is 47.4 Å². The van der Waals surface area contributed by atoms with Crippen molar-refractivity contribution in [1.29, 1.82) is 0 Å². The quantitative estimate of drug-likeness (QED) is 0.287. The highest BCUT2D eigenvalue weighted by Crippen LogP contribution is 2.30. The lowest BCUT2D eigenvalue weighted by Gasteiger charge is -2.16. The van der Waals surface area contributed by atoms with Crippen molar-refractivity contribution in [2.75, 3.05) is 65.1 Å². The number of likely N-dealkylation sites (tertiary alicyclic amines) is 1. The number of allylic oxidation sites excluding steroid dienone is 2. The number of methoxy groups -OCH3 is 1. The van der Waals surface area contributed by atoms with Crippen LogP contribution in [0.3, 0.4) is 0 Å². The maximum absolute atomic E-state index is 11.8. The summed E-state index contributed by atoms with van der Waals surface area (Å²) >= 11 is 0. The Morgan fingerprint density at radius 1 is 1.26 bits per heavy atom.